The van der Waals surface area contributed by atoms with Gasteiger partial charge in [-0.1, -0.05) is 20.3 Å². The van der Waals surface area contributed by atoms with Crippen LogP contribution in [-0.2, 0) is 4.79 Å². The molecule has 1 N–H and O–H groups in total. The first-order chi connectivity index (χ1) is 9.01. The Morgan fingerprint density at radius 1 is 1.42 bits per heavy atom. The highest BCUT2D eigenvalue weighted by Crippen LogP contribution is 2.30. The molecule has 3 atom stereocenters. The molecule has 2 saturated heterocycles. The lowest BCUT2D eigenvalue weighted by Crippen LogP contribution is -2.52. The summed E-state index contributed by atoms with van der Waals surface area (Å²) in [6.45, 7) is 8.54. The van der Waals surface area contributed by atoms with Crippen molar-refractivity contribution in [3.8, 4) is 0 Å². The largest absolute Gasteiger partial charge is 0.321 e. The molecule has 0 spiro atoms. The van der Waals surface area contributed by atoms with E-state index in [1.807, 2.05) is 0 Å². The highest BCUT2D eigenvalue weighted by Gasteiger charge is 2.48. The van der Waals surface area contributed by atoms with E-state index in [4.69, 9.17) is 0 Å². The van der Waals surface area contributed by atoms with Crippen LogP contribution in [-0.4, -0.2) is 53.6 Å². The fourth-order valence-electron chi connectivity index (χ4n) is 3.45. The summed E-state index contributed by atoms with van der Waals surface area (Å²) in [5.41, 5.74) is -0.351. The second-order valence-electron chi connectivity index (χ2n) is 6.41. The van der Waals surface area contributed by atoms with E-state index in [1.165, 1.54) is 6.42 Å². The normalized spacial score (nSPS) is 37.1. The van der Waals surface area contributed by atoms with Gasteiger partial charge in [0.2, 0.25) is 5.91 Å². The van der Waals surface area contributed by atoms with Crippen LogP contribution in [0.1, 0.15) is 52.9 Å². The number of carbonyl (C=O) groups is 1. The summed E-state index contributed by atoms with van der Waals surface area (Å²) in [6, 6.07) is 0.392. The molecule has 4 nitrogen and oxygen atoms in total. The Balaban J connectivity index is 2.17. The van der Waals surface area contributed by atoms with E-state index in [0.29, 0.717) is 11.9 Å². The first-order valence-corrected chi connectivity index (χ1v) is 7.80. The quantitative estimate of drug-likeness (QED) is 0.844. The fraction of sp³-hybridized carbons (Fsp3) is 0.933. The highest BCUT2D eigenvalue weighted by molar-refractivity contribution is 5.88. The minimum Gasteiger partial charge on any atom is -0.321 e. The Labute approximate surface area is 117 Å². The molecular weight excluding hydrogens is 238 g/mol. The Hall–Kier alpha value is -0.610. The average Bonchev–Trinajstić information content (AvgIpc) is 2.63. The molecule has 19 heavy (non-hydrogen) atoms. The van der Waals surface area contributed by atoms with Gasteiger partial charge in [0, 0.05) is 12.6 Å². The molecule has 0 bridgehead atoms. The topological polar surface area (TPSA) is 35.6 Å². The van der Waals surface area contributed by atoms with Crippen LogP contribution in [0.4, 0.5) is 0 Å². The molecule has 2 aliphatic rings. The summed E-state index contributed by atoms with van der Waals surface area (Å²) in [7, 11) is 2.16. The van der Waals surface area contributed by atoms with E-state index >= 15 is 0 Å². The number of piperidine rings is 1. The van der Waals surface area contributed by atoms with Gasteiger partial charge in [0.05, 0.1) is 11.7 Å². The summed E-state index contributed by atoms with van der Waals surface area (Å²) in [6.07, 6.45) is 5.62. The molecule has 0 aromatic heterocycles. The zero-order chi connectivity index (χ0) is 14.0. The van der Waals surface area contributed by atoms with Gasteiger partial charge >= 0.3 is 0 Å². The van der Waals surface area contributed by atoms with Gasteiger partial charge in [0.25, 0.3) is 0 Å². The Morgan fingerprint density at radius 3 is 2.74 bits per heavy atom. The van der Waals surface area contributed by atoms with Gasteiger partial charge in [-0.3, -0.25) is 10.1 Å². The Morgan fingerprint density at radius 2 is 2.16 bits per heavy atom. The van der Waals surface area contributed by atoms with Crippen LogP contribution in [0.5, 0.6) is 0 Å². The fourth-order valence-corrected chi connectivity index (χ4v) is 3.45. The van der Waals surface area contributed by atoms with Crippen LogP contribution in [0.3, 0.4) is 0 Å². The van der Waals surface area contributed by atoms with Crippen molar-refractivity contribution in [2.45, 2.75) is 70.6 Å². The van der Waals surface area contributed by atoms with Crippen molar-refractivity contribution < 1.29 is 4.79 Å². The van der Waals surface area contributed by atoms with Crippen molar-refractivity contribution in [3.63, 3.8) is 0 Å². The first-order valence-electron chi connectivity index (χ1n) is 7.80. The molecule has 3 unspecified atom stereocenters. The zero-order valence-corrected chi connectivity index (χ0v) is 12.9. The molecule has 0 aliphatic carbocycles. The SMILES string of the molecule is CCCC1NC(C)(CC)C(=O)N1C1CCCN(C)C1. The molecule has 2 rings (SSSR count). The molecule has 2 aliphatic heterocycles. The zero-order valence-electron chi connectivity index (χ0n) is 12.9. The van der Waals surface area contributed by atoms with Crippen molar-refractivity contribution in [2.75, 3.05) is 20.1 Å². The number of nitrogens with one attached hydrogen (secondary N) is 1. The third-order valence-electron chi connectivity index (χ3n) is 4.79. The number of hydrogen-bond donors (Lipinski definition) is 1. The van der Waals surface area contributed by atoms with Gasteiger partial charge < -0.3 is 9.80 Å². The van der Waals surface area contributed by atoms with E-state index in [1.54, 1.807) is 0 Å². The van der Waals surface area contributed by atoms with Crippen LogP contribution >= 0.6 is 0 Å². The molecule has 4 heteroatoms. The highest BCUT2D eigenvalue weighted by atomic mass is 16.2. The molecular formula is C15H29N3O. The van der Waals surface area contributed by atoms with Crippen molar-refractivity contribution in [1.82, 2.24) is 15.1 Å². The van der Waals surface area contributed by atoms with Crippen LogP contribution < -0.4 is 5.32 Å². The number of nitrogens with zero attached hydrogens (tertiary/aromatic N) is 2. The summed E-state index contributed by atoms with van der Waals surface area (Å²) >= 11 is 0. The average molecular weight is 267 g/mol. The summed E-state index contributed by atoms with van der Waals surface area (Å²) < 4.78 is 0. The van der Waals surface area contributed by atoms with Crippen LogP contribution in [0, 0.1) is 0 Å². The van der Waals surface area contributed by atoms with Crippen LogP contribution in [0.25, 0.3) is 0 Å². The van der Waals surface area contributed by atoms with Crippen LogP contribution in [0.2, 0.25) is 0 Å². The number of carbonyl (C=O) groups excluding carboxylic acids is 1. The third-order valence-corrected chi connectivity index (χ3v) is 4.79. The predicted octanol–water partition coefficient (Wildman–Crippen LogP) is 1.81. The molecule has 2 heterocycles. The number of rotatable bonds is 4. The van der Waals surface area contributed by atoms with Gasteiger partial charge in [0.1, 0.15) is 0 Å². The maximum absolute atomic E-state index is 12.8. The standard InChI is InChI=1S/C15H29N3O/c1-5-8-13-16-15(3,6-2)14(19)18(13)12-9-7-10-17(4)11-12/h12-13,16H,5-11H2,1-4H3. The second-order valence-corrected chi connectivity index (χ2v) is 6.41. The Kier molecular flexibility index (Phi) is 4.51. The van der Waals surface area contributed by atoms with Gasteiger partial charge in [-0.25, -0.2) is 0 Å². The van der Waals surface area contributed by atoms with Crippen LogP contribution in [0.15, 0.2) is 0 Å². The van der Waals surface area contributed by atoms with E-state index in [0.717, 1.165) is 38.8 Å². The van der Waals surface area contributed by atoms with E-state index in [-0.39, 0.29) is 11.7 Å². The molecule has 1 amide bonds. The monoisotopic (exact) mass is 267 g/mol. The lowest BCUT2D eigenvalue weighted by atomic mass is 9.97. The first kappa shape index (κ1) is 14.8. The third kappa shape index (κ3) is 2.79. The molecule has 0 saturated carbocycles. The maximum atomic E-state index is 12.8. The minimum absolute atomic E-state index is 0.235. The molecule has 2 fully saturated rings. The number of likely N-dealkylation sites (N-methyl/N-ethyl adjacent to an activating group) is 1. The van der Waals surface area contributed by atoms with Gasteiger partial charge in [-0.05, 0) is 46.2 Å². The lowest BCUT2D eigenvalue weighted by Gasteiger charge is -2.38. The number of amides is 1. The van der Waals surface area contributed by atoms with E-state index in [2.05, 4.69) is 42.9 Å². The van der Waals surface area contributed by atoms with Gasteiger partial charge in [-0.2, -0.15) is 0 Å². The molecule has 0 radical (unpaired) electrons. The molecule has 110 valence electrons. The summed E-state index contributed by atoms with van der Waals surface area (Å²) in [5, 5.41) is 3.59. The minimum atomic E-state index is -0.351. The van der Waals surface area contributed by atoms with Gasteiger partial charge in [-0.15, -0.1) is 0 Å². The maximum Gasteiger partial charge on any atom is 0.244 e. The van der Waals surface area contributed by atoms with E-state index < -0.39 is 0 Å². The smallest absolute Gasteiger partial charge is 0.244 e. The molecule has 0 aromatic carbocycles. The number of likely N-dealkylation sites (tertiary alicyclic amines) is 1. The molecule has 0 aromatic rings. The second kappa shape index (κ2) is 5.80. The van der Waals surface area contributed by atoms with Crippen molar-refractivity contribution in [3.05, 3.63) is 0 Å². The summed E-state index contributed by atoms with van der Waals surface area (Å²) in [4.78, 5) is 17.3. The van der Waals surface area contributed by atoms with Crippen molar-refractivity contribution in [1.29, 1.82) is 0 Å². The van der Waals surface area contributed by atoms with Gasteiger partial charge in [0.15, 0.2) is 0 Å². The number of hydrogen-bond acceptors (Lipinski definition) is 3. The van der Waals surface area contributed by atoms with Crippen molar-refractivity contribution in [2.24, 2.45) is 0 Å². The van der Waals surface area contributed by atoms with Crippen molar-refractivity contribution >= 4 is 5.91 Å². The van der Waals surface area contributed by atoms with E-state index in [9.17, 15) is 4.79 Å². The lowest BCUT2D eigenvalue weighted by molar-refractivity contribution is -0.136. The summed E-state index contributed by atoms with van der Waals surface area (Å²) in [5.74, 6) is 0.314. The predicted molar refractivity (Wildman–Crippen MR) is 77.9 cm³/mol. The Bertz CT molecular complexity index is 329.